The maximum Gasteiger partial charge on any atom is 0.272 e. The van der Waals surface area contributed by atoms with Gasteiger partial charge in [0.05, 0.1) is 10.6 Å². The molecule has 0 unspecified atom stereocenters. The largest absolute Gasteiger partial charge is 0.338 e. The Morgan fingerprint density at radius 3 is 2.68 bits per heavy atom. The van der Waals surface area contributed by atoms with Gasteiger partial charge in [-0.2, -0.15) is 0 Å². The summed E-state index contributed by atoms with van der Waals surface area (Å²) in [4.78, 5) is 32.2. The number of nitrogens with one attached hydrogen (secondary N) is 1. The Morgan fingerprint density at radius 1 is 1.24 bits per heavy atom. The number of piperidine rings is 1. The summed E-state index contributed by atoms with van der Waals surface area (Å²) < 4.78 is 1.47. The van der Waals surface area contributed by atoms with Crippen molar-refractivity contribution in [1.82, 2.24) is 19.5 Å². The Morgan fingerprint density at radius 2 is 2.00 bits per heavy atom. The van der Waals surface area contributed by atoms with Gasteiger partial charge in [-0.15, -0.1) is 11.3 Å². The number of carbonyl (C=O) groups is 1. The van der Waals surface area contributed by atoms with Crippen molar-refractivity contribution in [3.63, 3.8) is 0 Å². The number of fused-ring (bicyclic) bond motifs is 1. The molecule has 0 radical (unpaired) electrons. The molecule has 1 aliphatic rings. The first-order valence-corrected chi connectivity index (χ1v) is 9.33. The van der Waals surface area contributed by atoms with Gasteiger partial charge in [-0.25, -0.2) is 9.50 Å². The molecule has 7 heteroatoms. The second-order valence-electron chi connectivity index (χ2n) is 6.71. The number of hydrogen-bond acceptors (Lipinski definition) is 4. The molecular formula is C18H20N4O2S. The van der Waals surface area contributed by atoms with Crippen molar-refractivity contribution in [2.75, 3.05) is 13.1 Å². The van der Waals surface area contributed by atoms with Crippen LogP contribution < -0.4 is 5.56 Å². The van der Waals surface area contributed by atoms with Gasteiger partial charge < -0.3 is 4.90 Å². The van der Waals surface area contributed by atoms with E-state index in [0.29, 0.717) is 18.7 Å². The monoisotopic (exact) mass is 356 g/mol. The van der Waals surface area contributed by atoms with Crippen LogP contribution in [-0.4, -0.2) is 38.5 Å². The fraction of sp³-hybridized carbons (Fsp3) is 0.389. The zero-order valence-corrected chi connectivity index (χ0v) is 15.1. The molecule has 6 nitrogen and oxygen atoms in total. The number of amides is 1. The second kappa shape index (κ2) is 6.15. The average molecular weight is 356 g/mol. The van der Waals surface area contributed by atoms with Crippen LogP contribution in [0, 0.1) is 13.8 Å². The summed E-state index contributed by atoms with van der Waals surface area (Å²) in [5.74, 6) is 0.336. The van der Waals surface area contributed by atoms with Crippen LogP contribution in [0.2, 0.25) is 0 Å². The Balaban J connectivity index is 1.50. The first-order chi connectivity index (χ1) is 12.0. The molecule has 1 fully saturated rings. The number of aromatic nitrogens is 3. The molecule has 4 heterocycles. The maximum atomic E-state index is 12.6. The van der Waals surface area contributed by atoms with Crippen LogP contribution in [0.5, 0.6) is 0 Å². The van der Waals surface area contributed by atoms with Gasteiger partial charge in [0.1, 0.15) is 0 Å². The molecule has 130 valence electrons. The number of aryl methyl sites for hydroxylation is 2. The van der Waals surface area contributed by atoms with E-state index < -0.39 is 0 Å². The third-order valence-electron chi connectivity index (χ3n) is 4.74. The van der Waals surface area contributed by atoms with Gasteiger partial charge in [0.25, 0.3) is 11.5 Å². The molecule has 0 saturated carbocycles. The number of hydrogen-bond donors (Lipinski definition) is 1. The van der Waals surface area contributed by atoms with Crippen molar-refractivity contribution >= 4 is 22.9 Å². The molecule has 3 aromatic rings. The molecule has 0 bridgehead atoms. The van der Waals surface area contributed by atoms with E-state index in [4.69, 9.17) is 0 Å². The van der Waals surface area contributed by atoms with E-state index in [1.54, 1.807) is 6.07 Å². The molecule has 1 N–H and O–H groups in total. The van der Waals surface area contributed by atoms with Crippen molar-refractivity contribution in [2.24, 2.45) is 0 Å². The van der Waals surface area contributed by atoms with Crippen LogP contribution in [0.3, 0.4) is 0 Å². The van der Waals surface area contributed by atoms with Crippen LogP contribution in [0.4, 0.5) is 0 Å². The fourth-order valence-electron chi connectivity index (χ4n) is 3.42. The lowest BCUT2D eigenvalue weighted by molar-refractivity contribution is 0.0717. The first-order valence-electron chi connectivity index (χ1n) is 8.45. The van der Waals surface area contributed by atoms with Crippen LogP contribution in [0.25, 0.3) is 5.65 Å². The number of nitrogens with zero attached hydrogens (tertiary/aromatic N) is 3. The van der Waals surface area contributed by atoms with E-state index in [2.05, 4.69) is 10.1 Å². The van der Waals surface area contributed by atoms with Gasteiger partial charge in [-0.1, -0.05) is 0 Å². The van der Waals surface area contributed by atoms with Gasteiger partial charge in [-0.05, 0) is 43.7 Å². The summed E-state index contributed by atoms with van der Waals surface area (Å²) in [5, 5.41) is 4.99. The molecular weight excluding hydrogens is 336 g/mol. The topological polar surface area (TPSA) is 70.5 Å². The lowest BCUT2D eigenvalue weighted by Gasteiger charge is -2.31. The molecule has 0 spiro atoms. The minimum absolute atomic E-state index is 0.0827. The Kier molecular flexibility index (Phi) is 3.95. The molecule has 0 atom stereocenters. The van der Waals surface area contributed by atoms with Crippen LogP contribution in [0.15, 0.2) is 28.4 Å². The third-order valence-corrected chi connectivity index (χ3v) is 5.78. The van der Waals surface area contributed by atoms with Crippen LogP contribution >= 0.6 is 11.3 Å². The van der Waals surface area contributed by atoms with E-state index in [-0.39, 0.29) is 17.4 Å². The number of aromatic amines is 1. The SMILES string of the molecule is Cc1csc(C(=O)N2CCC(c3cc(=O)n4[nH]c(C)cc4n3)CC2)c1. The quantitative estimate of drug-likeness (QED) is 0.767. The van der Waals surface area contributed by atoms with E-state index >= 15 is 0 Å². The van der Waals surface area contributed by atoms with Gasteiger partial charge in [-0.3, -0.25) is 14.7 Å². The molecule has 3 aromatic heterocycles. The molecule has 1 aliphatic heterocycles. The van der Waals surface area contributed by atoms with E-state index in [0.717, 1.165) is 34.7 Å². The van der Waals surface area contributed by atoms with E-state index in [9.17, 15) is 9.59 Å². The number of thiophene rings is 1. The molecule has 1 saturated heterocycles. The summed E-state index contributed by atoms with van der Waals surface area (Å²) in [7, 11) is 0. The van der Waals surface area contributed by atoms with E-state index in [1.807, 2.05) is 36.3 Å². The Hall–Kier alpha value is -2.41. The predicted octanol–water partition coefficient (Wildman–Crippen LogP) is 2.72. The number of H-pyrrole nitrogens is 1. The van der Waals surface area contributed by atoms with Crippen molar-refractivity contribution in [3.05, 3.63) is 55.8 Å². The van der Waals surface area contributed by atoms with E-state index in [1.165, 1.54) is 15.9 Å². The van der Waals surface area contributed by atoms with Crippen molar-refractivity contribution in [2.45, 2.75) is 32.6 Å². The predicted molar refractivity (Wildman–Crippen MR) is 97.5 cm³/mol. The van der Waals surface area contributed by atoms with Gasteiger partial charge in [0.15, 0.2) is 5.65 Å². The highest BCUT2D eigenvalue weighted by Crippen LogP contribution is 2.28. The minimum atomic E-state index is -0.0827. The lowest BCUT2D eigenvalue weighted by atomic mass is 9.93. The molecule has 1 amide bonds. The molecule has 0 aromatic carbocycles. The fourth-order valence-corrected chi connectivity index (χ4v) is 4.28. The van der Waals surface area contributed by atoms with Gasteiger partial charge in [0, 0.05) is 36.8 Å². The number of rotatable bonds is 2. The summed E-state index contributed by atoms with van der Waals surface area (Å²) in [5.41, 5.74) is 3.45. The summed E-state index contributed by atoms with van der Waals surface area (Å²) in [6.07, 6.45) is 1.67. The Bertz CT molecular complexity index is 992. The summed E-state index contributed by atoms with van der Waals surface area (Å²) in [6.45, 7) is 5.31. The first kappa shape index (κ1) is 16.1. The molecule has 25 heavy (non-hydrogen) atoms. The van der Waals surface area contributed by atoms with Crippen LogP contribution in [-0.2, 0) is 0 Å². The zero-order valence-electron chi connectivity index (χ0n) is 14.3. The summed E-state index contributed by atoms with van der Waals surface area (Å²) >= 11 is 1.50. The highest BCUT2D eigenvalue weighted by molar-refractivity contribution is 7.12. The van der Waals surface area contributed by atoms with Crippen LogP contribution in [0.1, 0.15) is 45.4 Å². The smallest absolute Gasteiger partial charge is 0.272 e. The lowest BCUT2D eigenvalue weighted by Crippen LogP contribution is -2.38. The second-order valence-corrected chi connectivity index (χ2v) is 7.62. The number of carbonyl (C=O) groups excluding carboxylic acids is 1. The third kappa shape index (κ3) is 3.00. The maximum absolute atomic E-state index is 12.6. The minimum Gasteiger partial charge on any atom is -0.338 e. The number of likely N-dealkylation sites (tertiary alicyclic amines) is 1. The zero-order chi connectivity index (χ0) is 17.6. The van der Waals surface area contributed by atoms with Crippen molar-refractivity contribution in [1.29, 1.82) is 0 Å². The molecule has 4 rings (SSSR count). The average Bonchev–Trinajstić information content (AvgIpc) is 3.19. The van der Waals surface area contributed by atoms with Gasteiger partial charge in [0.2, 0.25) is 0 Å². The highest BCUT2D eigenvalue weighted by atomic mass is 32.1. The summed E-state index contributed by atoms with van der Waals surface area (Å²) in [6, 6.07) is 5.44. The molecule has 0 aliphatic carbocycles. The van der Waals surface area contributed by atoms with Crippen molar-refractivity contribution in [3.8, 4) is 0 Å². The Labute approximate surface area is 149 Å². The van der Waals surface area contributed by atoms with Gasteiger partial charge >= 0.3 is 0 Å². The normalized spacial score (nSPS) is 15.8. The standard InChI is InChI=1S/C18H20N4O2S/c1-11-7-15(25-10-11)18(24)21-5-3-13(4-6-21)14-9-17(23)22-16(19-14)8-12(2)20-22/h7-10,13,20H,3-6H2,1-2H3. The highest BCUT2D eigenvalue weighted by Gasteiger charge is 2.26. The van der Waals surface area contributed by atoms with Crippen molar-refractivity contribution < 1.29 is 4.79 Å².